The van der Waals surface area contributed by atoms with Gasteiger partial charge in [0.1, 0.15) is 0 Å². The van der Waals surface area contributed by atoms with E-state index in [4.69, 9.17) is 0 Å². The van der Waals surface area contributed by atoms with Crippen molar-refractivity contribution in [2.75, 3.05) is 6.54 Å². The lowest BCUT2D eigenvalue weighted by Gasteiger charge is -2.11. The molecule has 1 fully saturated rings. The van der Waals surface area contributed by atoms with Crippen molar-refractivity contribution in [2.24, 2.45) is 7.05 Å². The molecule has 0 aromatic carbocycles. The van der Waals surface area contributed by atoms with E-state index in [9.17, 15) is 0 Å². The molecule has 3 heteroatoms. The summed E-state index contributed by atoms with van der Waals surface area (Å²) >= 11 is 0. The topological polar surface area (TPSA) is 29.9 Å². The van der Waals surface area contributed by atoms with E-state index in [2.05, 4.69) is 23.5 Å². The SMILES string of the molecule is CC1NCCC1c1cnn(C)c1. The third-order valence-corrected chi connectivity index (χ3v) is 2.68. The maximum absolute atomic E-state index is 4.18. The molecule has 1 aliphatic heterocycles. The first kappa shape index (κ1) is 7.80. The molecular weight excluding hydrogens is 150 g/mol. The number of aryl methyl sites for hydroxylation is 1. The molecule has 2 heterocycles. The van der Waals surface area contributed by atoms with Crippen LogP contribution in [-0.4, -0.2) is 22.4 Å². The second kappa shape index (κ2) is 2.90. The zero-order valence-corrected chi connectivity index (χ0v) is 7.62. The van der Waals surface area contributed by atoms with Crippen LogP contribution in [0.15, 0.2) is 12.4 Å². The Hall–Kier alpha value is -0.830. The number of aromatic nitrogens is 2. The molecule has 0 radical (unpaired) electrons. The predicted octanol–water partition coefficient (Wildman–Crippen LogP) is 0.885. The second-order valence-electron chi connectivity index (χ2n) is 3.59. The molecule has 1 saturated heterocycles. The Kier molecular flexibility index (Phi) is 1.89. The lowest BCUT2D eigenvalue weighted by atomic mass is 9.96. The van der Waals surface area contributed by atoms with Crippen LogP contribution in [0.5, 0.6) is 0 Å². The van der Waals surface area contributed by atoms with E-state index in [1.807, 2.05) is 17.9 Å². The number of hydrogen-bond donors (Lipinski definition) is 1. The largest absolute Gasteiger partial charge is 0.314 e. The van der Waals surface area contributed by atoms with Gasteiger partial charge in [0.05, 0.1) is 6.20 Å². The summed E-state index contributed by atoms with van der Waals surface area (Å²) < 4.78 is 1.88. The van der Waals surface area contributed by atoms with E-state index >= 15 is 0 Å². The summed E-state index contributed by atoms with van der Waals surface area (Å²) in [6.45, 7) is 3.38. The maximum atomic E-state index is 4.18. The molecule has 1 aliphatic rings. The van der Waals surface area contributed by atoms with Crippen LogP contribution in [-0.2, 0) is 7.05 Å². The van der Waals surface area contributed by atoms with Crippen LogP contribution in [0.25, 0.3) is 0 Å². The minimum absolute atomic E-state index is 0.606. The summed E-state index contributed by atoms with van der Waals surface area (Å²) in [5.41, 5.74) is 1.37. The van der Waals surface area contributed by atoms with Gasteiger partial charge in [-0.15, -0.1) is 0 Å². The van der Waals surface area contributed by atoms with Gasteiger partial charge in [-0.3, -0.25) is 4.68 Å². The molecule has 0 spiro atoms. The van der Waals surface area contributed by atoms with Crippen molar-refractivity contribution >= 4 is 0 Å². The Morgan fingerprint density at radius 1 is 1.67 bits per heavy atom. The Morgan fingerprint density at radius 2 is 2.50 bits per heavy atom. The highest BCUT2D eigenvalue weighted by Crippen LogP contribution is 2.26. The molecule has 2 rings (SSSR count). The van der Waals surface area contributed by atoms with Crippen molar-refractivity contribution in [3.63, 3.8) is 0 Å². The average Bonchev–Trinajstić information content (AvgIpc) is 2.58. The van der Waals surface area contributed by atoms with Crippen LogP contribution in [0.4, 0.5) is 0 Å². The predicted molar refractivity (Wildman–Crippen MR) is 48.0 cm³/mol. The Bertz CT molecular complexity index is 266. The number of nitrogens with one attached hydrogen (secondary N) is 1. The Labute approximate surface area is 72.8 Å². The van der Waals surface area contributed by atoms with Gasteiger partial charge in [-0.25, -0.2) is 0 Å². The van der Waals surface area contributed by atoms with Crippen LogP contribution in [0, 0.1) is 0 Å². The summed E-state index contributed by atoms with van der Waals surface area (Å²) in [6.07, 6.45) is 5.34. The third kappa shape index (κ3) is 1.25. The Morgan fingerprint density at radius 3 is 3.00 bits per heavy atom. The standard InChI is InChI=1S/C9H15N3/c1-7-9(3-4-10-7)8-5-11-12(2)6-8/h5-7,9-10H,3-4H2,1-2H3. The van der Waals surface area contributed by atoms with Gasteiger partial charge < -0.3 is 5.32 Å². The minimum Gasteiger partial charge on any atom is -0.314 e. The van der Waals surface area contributed by atoms with Gasteiger partial charge in [0, 0.05) is 25.2 Å². The molecule has 0 saturated carbocycles. The molecule has 2 unspecified atom stereocenters. The van der Waals surface area contributed by atoms with E-state index in [1.54, 1.807) is 0 Å². The van der Waals surface area contributed by atoms with Gasteiger partial charge in [0.2, 0.25) is 0 Å². The molecule has 1 aromatic heterocycles. The molecule has 12 heavy (non-hydrogen) atoms. The van der Waals surface area contributed by atoms with Crippen molar-refractivity contribution in [2.45, 2.75) is 25.3 Å². The summed E-state index contributed by atoms with van der Waals surface area (Å²) in [7, 11) is 1.97. The summed E-state index contributed by atoms with van der Waals surface area (Å²) in [6, 6.07) is 0.606. The minimum atomic E-state index is 0.606. The highest BCUT2D eigenvalue weighted by molar-refractivity contribution is 5.15. The fourth-order valence-electron chi connectivity index (χ4n) is 1.95. The van der Waals surface area contributed by atoms with Crippen molar-refractivity contribution in [1.82, 2.24) is 15.1 Å². The van der Waals surface area contributed by atoms with Crippen molar-refractivity contribution in [3.05, 3.63) is 18.0 Å². The zero-order valence-electron chi connectivity index (χ0n) is 7.62. The summed E-state index contributed by atoms with van der Waals surface area (Å²) in [4.78, 5) is 0. The molecule has 3 nitrogen and oxygen atoms in total. The van der Waals surface area contributed by atoms with Crippen molar-refractivity contribution in [1.29, 1.82) is 0 Å². The number of rotatable bonds is 1. The van der Waals surface area contributed by atoms with Crippen LogP contribution in [0.3, 0.4) is 0 Å². The maximum Gasteiger partial charge on any atom is 0.0525 e. The first-order valence-corrected chi connectivity index (χ1v) is 4.49. The van der Waals surface area contributed by atoms with Gasteiger partial charge in [-0.05, 0) is 25.5 Å². The van der Waals surface area contributed by atoms with Gasteiger partial charge in [-0.2, -0.15) is 5.10 Å². The van der Waals surface area contributed by atoms with Gasteiger partial charge in [0.25, 0.3) is 0 Å². The number of hydrogen-bond acceptors (Lipinski definition) is 2. The monoisotopic (exact) mass is 165 g/mol. The molecule has 1 N–H and O–H groups in total. The number of nitrogens with zero attached hydrogens (tertiary/aromatic N) is 2. The van der Waals surface area contributed by atoms with Crippen LogP contribution in [0.1, 0.15) is 24.8 Å². The lowest BCUT2D eigenvalue weighted by Crippen LogP contribution is -2.21. The first-order valence-electron chi connectivity index (χ1n) is 4.49. The highest BCUT2D eigenvalue weighted by Gasteiger charge is 2.24. The quantitative estimate of drug-likeness (QED) is 0.669. The molecule has 0 bridgehead atoms. The molecule has 2 atom stereocenters. The van der Waals surface area contributed by atoms with Crippen LogP contribution >= 0.6 is 0 Å². The smallest absolute Gasteiger partial charge is 0.0525 e. The van der Waals surface area contributed by atoms with E-state index < -0.39 is 0 Å². The molecule has 0 aliphatic carbocycles. The van der Waals surface area contributed by atoms with Gasteiger partial charge in [-0.1, -0.05) is 0 Å². The fraction of sp³-hybridized carbons (Fsp3) is 0.667. The Balaban J connectivity index is 2.19. The molecule has 66 valence electrons. The van der Waals surface area contributed by atoms with Gasteiger partial charge >= 0.3 is 0 Å². The summed E-state index contributed by atoms with van der Waals surface area (Å²) in [5, 5.41) is 7.62. The third-order valence-electron chi connectivity index (χ3n) is 2.68. The highest BCUT2D eigenvalue weighted by atomic mass is 15.2. The second-order valence-corrected chi connectivity index (χ2v) is 3.59. The molecular formula is C9H15N3. The van der Waals surface area contributed by atoms with Crippen LogP contribution < -0.4 is 5.32 Å². The summed E-state index contributed by atoms with van der Waals surface area (Å²) in [5.74, 6) is 0.665. The van der Waals surface area contributed by atoms with E-state index in [-0.39, 0.29) is 0 Å². The fourth-order valence-corrected chi connectivity index (χ4v) is 1.95. The van der Waals surface area contributed by atoms with Crippen molar-refractivity contribution < 1.29 is 0 Å². The van der Waals surface area contributed by atoms with E-state index in [0.29, 0.717) is 12.0 Å². The lowest BCUT2D eigenvalue weighted by molar-refractivity contribution is 0.594. The zero-order chi connectivity index (χ0) is 8.55. The van der Waals surface area contributed by atoms with E-state index in [0.717, 1.165) is 6.54 Å². The van der Waals surface area contributed by atoms with Gasteiger partial charge in [0.15, 0.2) is 0 Å². The van der Waals surface area contributed by atoms with Crippen LogP contribution in [0.2, 0.25) is 0 Å². The molecule has 1 aromatic rings. The average molecular weight is 165 g/mol. The molecule has 0 amide bonds. The normalized spacial score (nSPS) is 29.5. The van der Waals surface area contributed by atoms with E-state index in [1.165, 1.54) is 12.0 Å². The first-order chi connectivity index (χ1) is 5.77. The van der Waals surface area contributed by atoms with Crippen molar-refractivity contribution in [3.8, 4) is 0 Å².